The normalized spacial score (nSPS) is 13.4. The zero-order chi connectivity index (χ0) is 35.2. The van der Waals surface area contributed by atoms with E-state index in [0.29, 0.717) is 6.67 Å². The van der Waals surface area contributed by atoms with E-state index in [2.05, 4.69) is 187 Å². The molecule has 0 bridgehead atoms. The van der Waals surface area contributed by atoms with Crippen LogP contribution in [-0.2, 0) is 5.41 Å². The molecule has 0 saturated carbocycles. The summed E-state index contributed by atoms with van der Waals surface area (Å²) in [7, 11) is 0. The second-order valence-corrected chi connectivity index (χ2v) is 17.3. The molecule has 0 N–H and O–H groups in total. The van der Waals surface area contributed by atoms with E-state index in [-0.39, 0.29) is 5.41 Å². The van der Waals surface area contributed by atoms with E-state index in [1.54, 1.807) is 0 Å². The van der Waals surface area contributed by atoms with E-state index in [4.69, 9.17) is 9.72 Å². The van der Waals surface area contributed by atoms with Gasteiger partial charge in [-0.25, -0.2) is 0 Å². The first-order valence-electron chi connectivity index (χ1n) is 17.6. The third-order valence-electron chi connectivity index (χ3n) is 9.71. The Morgan fingerprint density at radius 2 is 1.27 bits per heavy atom. The third kappa shape index (κ3) is 5.98. The summed E-state index contributed by atoms with van der Waals surface area (Å²) < 4.78 is 9.50. The van der Waals surface area contributed by atoms with Crippen LogP contribution < -0.4 is 26.7 Å². The van der Waals surface area contributed by atoms with Crippen molar-refractivity contribution in [3.63, 3.8) is 0 Å². The van der Waals surface area contributed by atoms with Gasteiger partial charge >= 0.3 is 245 Å². The van der Waals surface area contributed by atoms with Crippen LogP contribution >= 0.6 is 0 Å². The van der Waals surface area contributed by atoms with E-state index in [9.17, 15) is 0 Å². The molecule has 2 aliphatic heterocycles. The molecule has 1 aromatic heterocycles. The summed E-state index contributed by atoms with van der Waals surface area (Å²) >= 11 is -0.587. The number of pyridine rings is 1. The van der Waals surface area contributed by atoms with Crippen molar-refractivity contribution in [2.24, 2.45) is 0 Å². The fourth-order valence-corrected chi connectivity index (χ4v) is 10.1. The van der Waals surface area contributed by atoms with Gasteiger partial charge in [0.1, 0.15) is 0 Å². The summed E-state index contributed by atoms with van der Waals surface area (Å²) in [6.07, 6.45) is 1.94. The summed E-state index contributed by atoms with van der Waals surface area (Å²) in [4.78, 5) is 12.0. The molecule has 52 heavy (non-hydrogen) atoms. The summed E-state index contributed by atoms with van der Waals surface area (Å²) in [6, 6.07) is 56.1. The van der Waals surface area contributed by atoms with Crippen LogP contribution in [0.25, 0.3) is 11.1 Å². The molecule has 0 amide bonds. The van der Waals surface area contributed by atoms with Crippen molar-refractivity contribution in [2.75, 3.05) is 21.4 Å². The summed E-state index contributed by atoms with van der Waals surface area (Å²) in [5.41, 5.74) is 10.6. The van der Waals surface area contributed by atoms with Gasteiger partial charge in [0, 0.05) is 0 Å². The van der Waals surface area contributed by atoms with Crippen molar-refractivity contribution in [3.05, 3.63) is 169 Å². The van der Waals surface area contributed by atoms with Gasteiger partial charge in [0.15, 0.2) is 0 Å². The van der Waals surface area contributed by atoms with Gasteiger partial charge in [-0.1, -0.05) is 54.6 Å². The zero-order valence-electron chi connectivity index (χ0n) is 29.4. The van der Waals surface area contributed by atoms with Crippen LogP contribution in [0.5, 0.6) is 11.5 Å². The molecule has 5 nitrogen and oxygen atoms in total. The fraction of sp³-hybridized carbons (Fsp3) is 0.109. The first kappa shape index (κ1) is 32.4. The first-order chi connectivity index (χ1) is 25.4. The van der Waals surface area contributed by atoms with Crippen molar-refractivity contribution < 1.29 is 4.74 Å². The molecule has 3 heterocycles. The zero-order valence-corrected chi connectivity index (χ0v) is 31.7. The van der Waals surface area contributed by atoms with E-state index in [1.165, 1.54) is 41.0 Å². The molecule has 0 spiro atoms. The Morgan fingerprint density at radius 3 is 2.10 bits per heavy atom. The van der Waals surface area contributed by atoms with Crippen molar-refractivity contribution in [2.45, 2.75) is 26.2 Å². The number of fused-ring (bicyclic) bond motifs is 3. The van der Waals surface area contributed by atoms with Crippen LogP contribution in [0.3, 0.4) is 0 Å². The maximum atomic E-state index is 6.71. The predicted molar refractivity (Wildman–Crippen MR) is 217 cm³/mol. The molecular weight excluding hydrogens is 752 g/mol. The molecule has 0 fully saturated rings. The number of aromatic nitrogens is 1. The van der Waals surface area contributed by atoms with Gasteiger partial charge in [0.2, 0.25) is 0 Å². The van der Waals surface area contributed by atoms with Gasteiger partial charge in [-0.05, 0) is 17.7 Å². The van der Waals surface area contributed by atoms with E-state index >= 15 is 0 Å². The Labute approximate surface area is 315 Å². The number of anilines is 7. The fourth-order valence-electron chi connectivity index (χ4n) is 7.11. The Balaban J connectivity index is 1.07. The van der Waals surface area contributed by atoms with E-state index in [1.807, 2.05) is 12.3 Å². The molecule has 0 saturated heterocycles. The van der Waals surface area contributed by atoms with Crippen LogP contribution in [0.2, 0.25) is 0 Å². The second-order valence-electron chi connectivity index (χ2n) is 14.2. The standard InChI is InChI=1S/C46H38N4OTe/c1-46(2,3)33-26-27-47-44(28-33)50-39-21-10-11-23-42(39)52-43-25-24-37(30-41(43)50)51-36-19-12-18-35(29-36)48-31-49(34-16-8-5-9-17-34)45-38(20-13-22-40(45)48)32-14-6-4-7-15-32/h4-30H,31H2,1-3H3. The van der Waals surface area contributed by atoms with Crippen molar-refractivity contribution in [3.8, 4) is 22.6 Å². The topological polar surface area (TPSA) is 31.8 Å². The van der Waals surface area contributed by atoms with Crippen LogP contribution in [0.1, 0.15) is 26.3 Å². The Bertz CT molecular complexity index is 2410. The number of ether oxygens (including phenoxy) is 1. The summed E-state index contributed by atoms with van der Waals surface area (Å²) in [5, 5.41) is 0. The average Bonchev–Trinajstić information content (AvgIpc) is 3.58. The number of benzene rings is 6. The maximum absolute atomic E-state index is 6.71. The Kier molecular flexibility index (Phi) is 8.23. The van der Waals surface area contributed by atoms with Crippen molar-refractivity contribution in [1.29, 1.82) is 0 Å². The first-order valence-corrected chi connectivity index (χ1v) is 20.0. The van der Waals surface area contributed by atoms with Crippen molar-refractivity contribution in [1.82, 2.24) is 4.98 Å². The Morgan fingerprint density at radius 1 is 0.577 bits per heavy atom. The van der Waals surface area contributed by atoms with Crippen LogP contribution in [0, 0.1) is 0 Å². The van der Waals surface area contributed by atoms with Crippen molar-refractivity contribution >= 4 is 68.1 Å². The van der Waals surface area contributed by atoms with Gasteiger partial charge in [0.25, 0.3) is 0 Å². The third-order valence-corrected chi connectivity index (χ3v) is 12.9. The SMILES string of the molecule is CC(C)(C)c1ccnc(N2c3ccccc3[Te]c3ccc(Oc4cccc(N5CN(c6ccccc6)c6c(-c7ccccc7)cccc65)c4)cc32)c1. The molecule has 0 unspecified atom stereocenters. The van der Waals surface area contributed by atoms with Gasteiger partial charge in [-0.2, -0.15) is 0 Å². The van der Waals surface area contributed by atoms with Gasteiger partial charge < -0.3 is 0 Å². The Hall–Kier alpha value is -5.54. The second kappa shape index (κ2) is 13.2. The minimum absolute atomic E-state index is 0.0110. The number of nitrogens with zero attached hydrogens (tertiary/aromatic N) is 4. The van der Waals surface area contributed by atoms with Crippen LogP contribution in [0.4, 0.5) is 39.9 Å². The number of para-hydroxylation sites is 3. The summed E-state index contributed by atoms with van der Waals surface area (Å²) in [5.74, 6) is 2.53. The molecule has 7 aromatic rings. The minimum atomic E-state index is -0.587. The average molecular weight is 790 g/mol. The molecule has 0 aliphatic carbocycles. The molecular formula is C46H38N4OTe. The van der Waals surface area contributed by atoms with E-state index in [0.717, 1.165) is 34.4 Å². The number of hydrogen-bond donors (Lipinski definition) is 0. The molecule has 0 atom stereocenters. The quantitative estimate of drug-likeness (QED) is 0.157. The molecule has 254 valence electrons. The monoisotopic (exact) mass is 792 g/mol. The van der Waals surface area contributed by atoms with Gasteiger partial charge in [-0.3, -0.25) is 0 Å². The van der Waals surface area contributed by atoms with Gasteiger partial charge in [0.05, 0.1) is 0 Å². The van der Waals surface area contributed by atoms with E-state index < -0.39 is 20.9 Å². The molecule has 0 radical (unpaired) electrons. The molecule has 9 rings (SSSR count). The van der Waals surface area contributed by atoms with Crippen LogP contribution in [-0.4, -0.2) is 32.6 Å². The molecule has 2 aliphatic rings. The predicted octanol–water partition coefficient (Wildman–Crippen LogP) is 10.5. The van der Waals surface area contributed by atoms with Crippen LogP contribution in [0.15, 0.2) is 164 Å². The number of rotatable bonds is 6. The van der Waals surface area contributed by atoms with Gasteiger partial charge in [-0.15, -0.1) is 0 Å². The number of hydrogen-bond acceptors (Lipinski definition) is 5. The summed E-state index contributed by atoms with van der Waals surface area (Å²) in [6.45, 7) is 7.43. The molecule has 6 aromatic carbocycles. The molecule has 6 heteroatoms.